The van der Waals surface area contributed by atoms with E-state index >= 15 is 0 Å². The van der Waals surface area contributed by atoms with E-state index in [1.807, 2.05) is 6.07 Å². The number of nitro groups is 1. The van der Waals surface area contributed by atoms with E-state index in [-0.39, 0.29) is 11.3 Å². The van der Waals surface area contributed by atoms with Crippen LogP contribution >= 0.6 is 0 Å². The molecule has 1 amide bonds. The number of esters is 1. The Labute approximate surface area is 170 Å². The molecule has 3 aromatic carbocycles. The molecular weight excluding hydrogens is 395 g/mol. The Kier molecular flexibility index (Phi) is 6.33. The van der Waals surface area contributed by atoms with Crippen LogP contribution < -0.4 is 10.1 Å². The van der Waals surface area contributed by atoms with Crippen LogP contribution in [0, 0.1) is 15.9 Å². The minimum absolute atomic E-state index is 0.0932. The van der Waals surface area contributed by atoms with Gasteiger partial charge in [-0.3, -0.25) is 14.9 Å². The van der Waals surface area contributed by atoms with E-state index < -0.39 is 40.6 Å². The predicted octanol–water partition coefficient (Wildman–Crippen LogP) is 4.32. The Hall–Kier alpha value is -4.27. The van der Waals surface area contributed by atoms with Crippen LogP contribution in [0.2, 0.25) is 0 Å². The van der Waals surface area contributed by atoms with Gasteiger partial charge in [-0.2, -0.15) is 0 Å². The van der Waals surface area contributed by atoms with Crippen LogP contribution in [0.1, 0.15) is 10.4 Å². The summed E-state index contributed by atoms with van der Waals surface area (Å²) >= 11 is 0. The highest BCUT2D eigenvalue weighted by Crippen LogP contribution is 2.26. The van der Waals surface area contributed by atoms with Crippen LogP contribution in [0.3, 0.4) is 0 Å². The van der Waals surface area contributed by atoms with Crippen molar-refractivity contribution in [1.29, 1.82) is 0 Å². The SMILES string of the molecule is O=C(COC(=O)c1ccccc1Oc1ccccc1)Nc1cc([N+](=O)[O-])ccc1F. The maximum Gasteiger partial charge on any atom is 0.342 e. The van der Waals surface area contributed by atoms with Crippen molar-refractivity contribution in [2.75, 3.05) is 11.9 Å². The van der Waals surface area contributed by atoms with Crippen LogP contribution in [0.25, 0.3) is 0 Å². The molecule has 9 heteroatoms. The molecule has 0 unspecified atom stereocenters. The molecule has 8 nitrogen and oxygen atoms in total. The molecule has 0 aliphatic carbocycles. The van der Waals surface area contributed by atoms with Crippen molar-refractivity contribution < 1.29 is 28.4 Å². The molecule has 0 spiro atoms. The number of anilines is 1. The number of carbonyl (C=O) groups is 2. The first-order chi connectivity index (χ1) is 14.4. The Morgan fingerprint density at radius 3 is 2.43 bits per heavy atom. The lowest BCUT2D eigenvalue weighted by molar-refractivity contribution is -0.384. The summed E-state index contributed by atoms with van der Waals surface area (Å²) in [6.07, 6.45) is 0. The van der Waals surface area contributed by atoms with Crippen LogP contribution in [0.5, 0.6) is 11.5 Å². The van der Waals surface area contributed by atoms with Crippen molar-refractivity contribution in [3.8, 4) is 11.5 Å². The van der Waals surface area contributed by atoms with Gasteiger partial charge in [-0.1, -0.05) is 30.3 Å². The number of nitro benzene ring substituents is 1. The number of nitrogens with one attached hydrogen (secondary N) is 1. The lowest BCUT2D eigenvalue weighted by Crippen LogP contribution is -2.21. The van der Waals surface area contributed by atoms with Crippen LogP contribution in [0.15, 0.2) is 72.8 Å². The third-order valence-electron chi connectivity index (χ3n) is 3.85. The normalized spacial score (nSPS) is 10.2. The summed E-state index contributed by atoms with van der Waals surface area (Å²) in [5.74, 6) is -1.79. The summed E-state index contributed by atoms with van der Waals surface area (Å²) in [6.45, 7) is -0.722. The van der Waals surface area contributed by atoms with Gasteiger partial charge >= 0.3 is 5.97 Å². The van der Waals surface area contributed by atoms with Crippen molar-refractivity contribution >= 4 is 23.3 Å². The number of halogens is 1. The van der Waals surface area contributed by atoms with Crippen molar-refractivity contribution in [3.63, 3.8) is 0 Å². The molecule has 0 saturated heterocycles. The fraction of sp³-hybridized carbons (Fsp3) is 0.0476. The van der Waals surface area contributed by atoms with E-state index in [1.165, 1.54) is 6.07 Å². The highest BCUT2D eigenvalue weighted by Gasteiger charge is 2.17. The number of ether oxygens (including phenoxy) is 2. The fourth-order valence-electron chi connectivity index (χ4n) is 2.46. The average molecular weight is 410 g/mol. The second-order valence-electron chi connectivity index (χ2n) is 5.96. The van der Waals surface area contributed by atoms with Gasteiger partial charge in [-0.15, -0.1) is 0 Å². The Morgan fingerprint density at radius 1 is 1.00 bits per heavy atom. The van der Waals surface area contributed by atoms with E-state index in [1.54, 1.807) is 42.5 Å². The third kappa shape index (κ3) is 5.16. The molecular formula is C21H15FN2O6. The standard InChI is InChI=1S/C21H15FN2O6/c22-17-11-10-14(24(27)28)12-18(17)23-20(25)13-29-21(26)16-8-4-5-9-19(16)30-15-6-2-1-3-7-15/h1-12H,13H2,(H,23,25). The molecule has 3 rings (SSSR count). The summed E-state index contributed by atoms with van der Waals surface area (Å²) in [5.41, 5.74) is -0.690. The van der Waals surface area contributed by atoms with Gasteiger partial charge in [0.2, 0.25) is 0 Å². The minimum atomic E-state index is -0.859. The van der Waals surface area contributed by atoms with Gasteiger partial charge in [-0.25, -0.2) is 9.18 Å². The molecule has 0 aliphatic rings. The maximum atomic E-state index is 13.8. The second kappa shape index (κ2) is 9.28. The summed E-state index contributed by atoms with van der Waals surface area (Å²) < 4.78 is 24.4. The van der Waals surface area contributed by atoms with Crippen LogP contribution in [0.4, 0.5) is 15.8 Å². The zero-order valence-electron chi connectivity index (χ0n) is 15.4. The number of para-hydroxylation sites is 2. The van der Waals surface area contributed by atoms with Gasteiger partial charge in [0, 0.05) is 12.1 Å². The van der Waals surface area contributed by atoms with Gasteiger partial charge < -0.3 is 14.8 Å². The fourth-order valence-corrected chi connectivity index (χ4v) is 2.46. The van der Waals surface area contributed by atoms with E-state index in [4.69, 9.17) is 9.47 Å². The maximum absolute atomic E-state index is 13.8. The second-order valence-corrected chi connectivity index (χ2v) is 5.96. The Bertz CT molecular complexity index is 1090. The number of nitrogens with zero attached hydrogens (tertiary/aromatic N) is 1. The molecule has 1 N–H and O–H groups in total. The molecule has 0 bridgehead atoms. The Balaban J connectivity index is 1.64. The topological polar surface area (TPSA) is 108 Å². The highest BCUT2D eigenvalue weighted by molar-refractivity contribution is 5.97. The van der Waals surface area contributed by atoms with E-state index in [0.717, 1.165) is 18.2 Å². The summed E-state index contributed by atoms with van der Waals surface area (Å²) in [4.78, 5) is 34.4. The molecule has 30 heavy (non-hydrogen) atoms. The zero-order chi connectivity index (χ0) is 21.5. The quantitative estimate of drug-likeness (QED) is 0.353. The van der Waals surface area contributed by atoms with Crippen molar-refractivity contribution in [3.05, 3.63) is 94.3 Å². The van der Waals surface area contributed by atoms with Crippen molar-refractivity contribution in [2.45, 2.75) is 0 Å². The van der Waals surface area contributed by atoms with E-state index in [2.05, 4.69) is 5.32 Å². The number of amides is 1. The number of hydrogen-bond donors (Lipinski definition) is 1. The van der Waals surface area contributed by atoms with Gasteiger partial charge in [0.25, 0.3) is 11.6 Å². The molecule has 0 heterocycles. The number of rotatable bonds is 7. The summed E-state index contributed by atoms with van der Waals surface area (Å²) in [6, 6.07) is 17.8. The average Bonchev–Trinajstić information content (AvgIpc) is 2.74. The van der Waals surface area contributed by atoms with E-state index in [0.29, 0.717) is 5.75 Å². The number of benzene rings is 3. The van der Waals surface area contributed by atoms with Crippen molar-refractivity contribution in [1.82, 2.24) is 0 Å². The van der Waals surface area contributed by atoms with Crippen LogP contribution in [-0.2, 0) is 9.53 Å². The van der Waals surface area contributed by atoms with Gasteiger partial charge in [0.05, 0.1) is 10.6 Å². The minimum Gasteiger partial charge on any atom is -0.456 e. The van der Waals surface area contributed by atoms with E-state index in [9.17, 15) is 24.1 Å². The largest absolute Gasteiger partial charge is 0.456 e. The number of non-ortho nitro benzene ring substituents is 1. The molecule has 152 valence electrons. The zero-order valence-corrected chi connectivity index (χ0v) is 15.4. The lowest BCUT2D eigenvalue weighted by Gasteiger charge is -2.11. The third-order valence-corrected chi connectivity index (χ3v) is 3.85. The first-order valence-corrected chi connectivity index (χ1v) is 8.67. The first-order valence-electron chi connectivity index (χ1n) is 8.67. The summed E-state index contributed by atoms with van der Waals surface area (Å²) in [5, 5.41) is 12.9. The first kappa shape index (κ1) is 20.5. The number of carbonyl (C=O) groups excluding carboxylic acids is 2. The van der Waals surface area contributed by atoms with Gasteiger partial charge in [-0.05, 0) is 30.3 Å². The highest BCUT2D eigenvalue weighted by atomic mass is 19.1. The monoisotopic (exact) mass is 410 g/mol. The molecule has 0 aliphatic heterocycles. The van der Waals surface area contributed by atoms with Crippen molar-refractivity contribution in [2.24, 2.45) is 0 Å². The smallest absolute Gasteiger partial charge is 0.342 e. The molecule has 3 aromatic rings. The number of hydrogen-bond acceptors (Lipinski definition) is 6. The van der Waals surface area contributed by atoms with Crippen LogP contribution in [-0.4, -0.2) is 23.4 Å². The Morgan fingerprint density at radius 2 is 1.70 bits per heavy atom. The molecule has 0 radical (unpaired) electrons. The predicted molar refractivity (Wildman–Crippen MR) is 105 cm³/mol. The molecule has 0 fully saturated rings. The summed E-state index contributed by atoms with van der Waals surface area (Å²) in [7, 11) is 0. The molecule has 0 atom stereocenters. The lowest BCUT2D eigenvalue weighted by atomic mass is 10.2. The van der Waals surface area contributed by atoms with Gasteiger partial charge in [0.15, 0.2) is 6.61 Å². The molecule has 0 aromatic heterocycles. The van der Waals surface area contributed by atoms with Gasteiger partial charge in [0.1, 0.15) is 22.9 Å². The molecule has 0 saturated carbocycles.